The third-order valence-electron chi connectivity index (χ3n) is 4.03. The molecule has 0 N–H and O–H groups in total. The first kappa shape index (κ1) is 20.2. The molecule has 0 fully saturated rings. The molecule has 0 spiro atoms. The smallest absolute Gasteiger partial charge is 0.150 e. The van der Waals surface area contributed by atoms with E-state index in [1.165, 1.54) is 0 Å². The summed E-state index contributed by atoms with van der Waals surface area (Å²) in [7, 11) is 0. The topological polar surface area (TPSA) is 71.7 Å². The van der Waals surface area contributed by atoms with Crippen molar-refractivity contribution in [1.29, 1.82) is 5.26 Å². The van der Waals surface area contributed by atoms with E-state index in [1.807, 2.05) is 45.9 Å². The molecule has 2 aromatic rings. The van der Waals surface area contributed by atoms with Crippen LogP contribution >= 0.6 is 0 Å². The van der Waals surface area contributed by atoms with Gasteiger partial charge in [-0.2, -0.15) is 5.26 Å². The first-order valence-electron chi connectivity index (χ1n) is 8.93. The molecule has 0 aromatic heterocycles. The van der Waals surface area contributed by atoms with Crippen molar-refractivity contribution in [1.82, 2.24) is 0 Å². The van der Waals surface area contributed by atoms with Gasteiger partial charge in [0.15, 0.2) is 0 Å². The monoisotopic (exact) mass is 364 g/mol. The molecule has 2 rings (SSSR count). The third-order valence-corrected chi connectivity index (χ3v) is 4.03. The summed E-state index contributed by atoms with van der Waals surface area (Å²) in [6, 6.07) is 13.1. The maximum Gasteiger partial charge on any atom is 0.150 e. The van der Waals surface area contributed by atoms with Crippen molar-refractivity contribution in [3.05, 3.63) is 64.2 Å². The van der Waals surface area contributed by atoms with Gasteiger partial charge in [0, 0.05) is 5.56 Å². The summed E-state index contributed by atoms with van der Waals surface area (Å²) in [4.78, 5) is 16.5. The molecular weight excluding hydrogens is 340 g/mol. The van der Waals surface area contributed by atoms with E-state index in [1.54, 1.807) is 18.2 Å². The van der Waals surface area contributed by atoms with Gasteiger partial charge in [-0.1, -0.05) is 30.3 Å². The Morgan fingerprint density at radius 2 is 2.04 bits per heavy atom. The van der Waals surface area contributed by atoms with Gasteiger partial charge in [0.2, 0.25) is 0 Å². The molecule has 27 heavy (non-hydrogen) atoms. The second-order valence-corrected chi connectivity index (χ2v) is 6.44. The Balaban J connectivity index is 2.08. The van der Waals surface area contributed by atoms with Gasteiger partial charge in [-0.25, -0.2) is 0 Å². The molecule has 0 aliphatic carbocycles. The minimum absolute atomic E-state index is 0.00469. The van der Waals surface area contributed by atoms with Gasteiger partial charge in [0.1, 0.15) is 24.7 Å². The predicted octanol–water partition coefficient (Wildman–Crippen LogP) is 4.66. The number of carbonyl (C=O) groups excluding carboxylic acids is 1. The molecule has 0 radical (unpaired) electrons. The molecule has 0 unspecified atom stereocenters. The highest BCUT2D eigenvalue weighted by Gasteiger charge is 2.08. The Bertz CT molecular complexity index is 880. The molecule has 0 amide bonds. The van der Waals surface area contributed by atoms with Crippen molar-refractivity contribution < 1.29 is 14.4 Å². The number of hydrogen-bond donors (Lipinski definition) is 0. The van der Waals surface area contributed by atoms with Gasteiger partial charge in [-0.15, -0.1) is 0 Å². The highest BCUT2D eigenvalue weighted by molar-refractivity contribution is 5.99. The lowest BCUT2D eigenvalue weighted by atomic mass is 10.0. The number of aldehydes is 1. The third kappa shape index (κ3) is 5.42. The molecule has 140 valence electrons. The number of hydrogen-bond acceptors (Lipinski definition) is 5. The zero-order valence-corrected chi connectivity index (χ0v) is 16.2. The molecular formula is C22H24N2O3. The fourth-order valence-electron chi connectivity index (χ4n) is 2.62. The largest absolute Gasteiger partial charge is 0.490 e. The van der Waals surface area contributed by atoms with Crippen LogP contribution in [-0.2, 0) is 17.9 Å². The Morgan fingerprint density at radius 1 is 1.26 bits per heavy atom. The molecule has 0 bridgehead atoms. The van der Waals surface area contributed by atoms with E-state index in [4.69, 9.17) is 9.57 Å². The van der Waals surface area contributed by atoms with Crippen LogP contribution in [0.4, 0.5) is 0 Å². The summed E-state index contributed by atoms with van der Waals surface area (Å²) >= 11 is 0. The van der Waals surface area contributed by atoms with Gasteiger partial charge in [-0.3, -0.25) is 4.79 Å². The summed E-state index contributed by atoms with van der Waals surface area (Å²) in [5.74, 6) is 0.568. The van der Waals surface area contributed by atoms with Crippen LogP contribution in [0.5, 0.6) is 5.75 Å². The molecule has 5 heteroatoms. The van der Waals surface area contributed by atoms with Crippen molar-refractivity contribution in [3.63, 3.8) is 0 Å². The number of aryl methyl sites for hydroxylation is 1. The van der Waals surface area contributed by atoms with Crippen LogP contribution in [0.25, 0.3) is 0 Å². The maximum atomic E-state index is 11.0. The number of rotatable bonds is 8. The lowest BCUT2D eigenvalue weighted by Crippen LogP contribution is -2.07. The van der Waals surface area contributed by atoms with Crippen LogP contribution in [-0.4, -0.2) is 18.1 Å². The molecule has 0 saturated carbocycles. The number of nitrogens with zero attached hydrogens (tertiary/aromatic N) is 2. The fourth-order valence-corrected chi connectivity index (χ4v) is 2.62. The minimum Gasteiger partial charge on any atom is -0.490 e. The van der Waals surface area contributed by atoms with Crippen molar-refractivity contribution in [2.45, 2.75) is 46.8 Å². The molecule has 0 heterocycles. The Kier molecular flexibility index (Phi) is 7.13. The summed E-state index contributed by atoms with van der Waals surface area (Å²) in [6.45, 7) is 7.95. The number of oxime groups is 1. The van der Waals surface area contributed by atoms with Gasteiger partial charge in [0.25, 0.3) is 0 Å². The van der Waals surface area contributed by atoms with E-state index in [2.05, 4.69) is 11.2 Å². The van der Waals surface area contributed by atoms with Gasteiger partial charge in [0.05, 0.1) is 17.4 Å². The second-order valence-electron chi connectivity index (χ2n) is 6.44. The summed E-state index contributed by atoms with van der Waals surface area (Å²) in [6.07, 6.45) is 1.65. The van der Waals surface area contributed by atoms with Crippen LogP contribution in [0.3, 0.4) is 0 Å². The molecule has 0 saturated heterocycles. The van der Waals surface area contributed by atoms with Crippen LogP contribution in [0.1, 0.15) is 60.3 Å². The average Bonchev–Trinajstić information content (AvgIpc) is 2.67. The normalized spacial score (nSPS) is 11.2. The van der Waals surface area contributed by atoms with Gasteiger partial charge < -0.3 is 9.57 Å². The lowest BCUT2D eigenvalue weighted by molar-refractivity contribution is 0.112. The van der Waals surface area contributed by atoms with Crippen molar-refractivity contribution in [3.8, 4) is 11.8 Å². The molecule has 0 aliphatic rings. The zero-order valence-electron chi connectivity index (χ0n) is 16.2. The fraction of sp³-hybridized carbons (Fsp3) is 0.318. The zero-order chi connectivity index (χ0) is 19.8. The van der Waals surface area contributed by atoms with Crippen molar-refractivity contribution >= 4 is 12.0 Å². The molecule has 0 aliphatic heterocycles. The van der Waals surface area contributed by atoms with Crippen molar-refractivity contribution in [2.24, 2.45) is 5.16 Å². The van der Waals surface area contributed by atoms with E-state index in [0.717, 1.165) is 35.1 Å². The van der Waals surface area contributed by atoms with Crippen LogP contribution in [0.2, 0.25) is 0 Å². The summed E-state index contributed by atoms with van der Waals surface area (Å²) in [5, 5.41) is 13.4. The Labute approximate surface area is 160 Å². The average molecular weight is 364 g/mol. The van der Waals surface area contributed by atoms with Crippen molar-refractivity contribution in [2.75, 3.05) is 0 Å². The minimum atomic E-state index is 0.00469. The highest BCUT2D eigenvalue weighted by atomic mass is 16.6. The summed E-state index contributed by atoms with van der Waals surface area (Å²) < 4.78 is 5.62. The van der Waals surface area contributed by atoms with E-state index in [-0.39, 0.29) is 12.7 Å². The predicted molar refractivity (Wildman–Crippen MR) is 105 cm³/mol. The summed E-state index contributed by atoms with van der Waals surface area (Å²) in [5.41, 5.74) is 4.63. The van der Waals surface area contributed by atoms with E-state index in [9.17, 15) is 10.1 Å². The molecule has 2 aromatic carbocycles. The van der Waals surface area contributed by atoms with Crippen LogP contribution in [0.15, 0.2) is 41.6 Å². The number of nitriles is 1. The van der Waals surface area contributed by atoms with E-state index >= 15 is 0 Å². The Morgan fingerprint density at radius 3 is 2.67 bits per heavy atom. The number of ether oxygens (including phenoxy) is 1. The van der Waals surface area contributed by atoms with Crippen LogP contribution in [0, 0.1) is 11.3 Å². The maximum absolute atomic E-state index is 11.0. The number of carbonyl (C=O) groups is 1. The molecule has 0 atom stereocenters. The van der Waals surface area contributed by atoms with E-state index < -0.39 is 0 Å². The van der Waals surface area contributed by atoms with Crippen LogP contribution < -0.4 is 4.74 Å². The first-order chi connectivity index (χ1) is 13.0. The standard InChI is InChI=1S/C22H24N2O3/c1-5-18-11-19(7-8-20(18)13-25)16(4)24-26-14-17-6-9-22(27-15(2)3)21(10-17)12-23/h6-11,13,15H,5,14H2,1-4H3/b24-16+. The first-order valence-corrected chi connectivity index (χ1v) is 8.93. The quantitative estimate of drug-likeness (QED) is 0.388. The van der Waals surface area contributed by atoms with E-state index in [0.29, 0.717) is 16.9 Å². The SMILES string of the molecule is CCc1cc(/C(C)=N/OCc2ccc(OC(C)C)c(C#N)c2)ccc1C=O. The van der Waals surface area contributed by atoms with Gasteiger partial charge >= 0.3 is 0 Å². The molecule has 5 nitrogen and oxygen atoms in total. The van der Waals surface area contributed by atoms with Gasteiger partial charge in [-0.05, 0) is 62.1 Å². The number of benzene rings is 2. The second kappa shape index (κ2) is 9.54. The lowest BCUT2D eigenvalue weighted by Gasteiger charge is -2.12. The highest BCUT2D eigenvalue weighted by Crippen LogP contribution is 2.21. The Hall–Kier alpha value is -3.13.